The second kappa shape index (κ2) is 10.8. The van der Waals surface area contributed by atoms with Crippen molar-refractivity contribution in [2.45, 2.75) is 6.92 Å². The average molecular weight is 444 g/mol. The monoisotopic (exact) mass is 443 g/mol. The summed E-state index contributed by atoms with van der Waals surface area (Å²) in [7, 11) is 0. The van der Waals surface area contributed by atoms with Crippen molar-refractivity contribution in [3.63, 3.8) is 0 Å². The van der Waals surface area contributed by atoms with Gasteiger partial charge in [0.25, 0.3) is 5.91 Å². The Morgan fingerprint density at radius 1 is 0.909 bits per heavy atom. The minimum absolute atomic E-state index is 0.0102. The number of carbonyl (C=O) groups excluding carboxylic acids is 2. The first-order valence-electron chi connectivity index (χ1n) is 11.3. The Balaban J connectivity index is 1.42. The number of rotatable bonds is 7. The van der Waals surface area contributed by atoms with Crippen molar-refractivity contribution in [2.24, 2.45) is 0 Å². The van der Waals surface area contributed by atoms with E-state index in [0.29, 0.717) is 17.8 Å². The van der Waals surface area contributed by atoms with Crippen LogP contribution < -0.4 is 10.2 Å². The molecule has 0 atom stereocenters. The van der Waals surface area contributed by atoms with E-state index in [1.165, 1.54) is 0 Å². The molecular formula is C27H29N3O3. The third-order valence-corrected chi connectivity index (χ3v) is 5.77. The van der Waals surface area contributed by atoms with E-state index in [2.05, 4.69) is 10.2 Å². The smallest absolute Gasteiger partial charge is 0.254 e. The number of benzene rings is 3. The van der Waals surface area contributed by atoms with E-state index in [-0.39, 0.29) is 18.4 Å². The van der Waals surface area contributed by atoms with Gasteiger partial charge in [-0.2, -0.15) is 0 Å². The van der Waals surface area contributed by atoms with Gasteiger partial charge in [0.1, 0.15) is 6.54 Å². The number of hydrogen-bond acceptors (Lipinski definition) is 4. The topological polar surface area (TPSA) is 61.9 Å². The Kier molecular flexibility index (Phi) is 7.37. The van der Waals surface area contributed by atoms with Crippen molar-refractivity contribution in [1.82, 2.24) is 4.90 Å². The Bertz CT molecular complexity index is 1080. The lowest BCUT2D eigenvalue weighted by Gasteiger charge is -2.29. The van der Waals surface area contributed by atoms with E-state index in [9.17, 15) is 9.59 Å². The van der Waals surface area contributed by atoms with E-state index in [4.69, 9.17) is 4.74 Å². The van der Waals surface area contributed by atoms with E-state index in [0.717, 1.165) is 43.1 Å². The normalized spacial score (nSPS) is 13.4. The average Bonchev–Trinajstić information content (AvgIpc) is 2.88. The first kappa shape index (κ1) is 22.6. The van der Waals surface area contributed by atoms with E-state index in [1.807, 2.05) is 85.8 Å². The lowest BCUT2D eigenvalue weighted by Crippen LogP contribution is -2.38. The largest absolute Gasteiger partial charge is 0.378 e. The molecule has 1 aliphatic heterocycles. The number of ether oxygens (including phenoxy) is 1. The highest BCUT2D eigenvalue weighted by Crippen LogP contribution is 2.25. The summed E-state index contributed by atoms with van der Waals surface area (Å²) in [6.45, 7) is 5.50. The van der Waals surface area contributed by atoms with Crippen LogP contribution in [0, 0.1) is 0 Å². The molecular weight excluding hydrogens is 414 g/mol. The summed E-state index contributed by atoms with van der Waals surface area (Å²) in [4.78, 5) is 29.9. The Morgan fingerprint density at radius 2 is 1.58 bits per heavy atom. The molecule has 170 valence electrons. The molecule has 33 heavy (non-hydrogen) atoms. The lowest BCUT2D eigenvalue weighted by molar-refractivity contribution is -0.116. The molecule has 0 spiro atoms. The van der Waals surface area contributed by atoms with Crippen molar-refractivity contribution in [1.29, 1.82) is 0 Å². The number of nitrogens with zero attached hydrogens (tertiary/aromatic N) is 2. The van der Waals surface area contributed by atoms with Crippen molar-refractivity contribution in [2.75, 3.05) is 49.6 Å². The van der Waals surface area contributed by atoms with Crippen LogP contribution in [0.2, 0.25) is 0 Å². The standard InChI is InChI=1S/C27H29N3O3/c1-2-29(27(32)25-11-7-6-10-24(25)21-8-4-3-5-9-21)20-26(31)28-22-12-14-23(15-13-22)30-16-18-33-19-17-30/h3-15H,2,16-20H2,1H3,(H,28,31). The molecule has 0 aromatic heterocycles. The zero-order chi connectivity index (χ0) is 23.0. The van der Waals surface area contributed by atoms with Gasteiger partial charge >= 0.3 is 0 Å². The molecule has 1 fully saturated rings. The van der Waals surface area contributed by atoms with Gasteiger partial charge in [0.05, 0.1) is 13.2 Å². The van der Waals surface area contributed by atoms with Gasteiger partial charge in [-0.1, -0.05) is 48.5 Å². The van der Waals surface area contributed by atoms with Gasteiger partial charge in [0.15, 0.2) is 0 Å². The van der Waals surface area contributed by atoms with Crippen LogP contribution in [0.15, 0.2) is 78.9 Å². The predicted octanol–water partition coefficient (Wildman–Crippen LogP) is 4.29. The molecule has 6 heteroatoms. The molecule has 4 rings (SSSR count). The maximum absolute atomic E-state index is 13.3. The second-order valence-corrected chi connectivity index (χ2v) is 7.93. The highest BCUT2D eigenvalue weighted by molar-refractivity contribution is 6.03. The summed E-state index contributed by atoms with van der Waals surface area (Å²) >= 11 is 0. The fourth-order valence-electron chi connectivity index (χ4n) is 3.99. The molecule has 0 saturated carbocycles. The molecule has 1 saturated heterocycles. The Morgan fingerprint density at radius 3 is 2.27 bits per heavy atom. The van der Waals surface area contributed by atoms with Gasteiger partial charge in [-0.15, -0.1) is 0 Å². The zero-order valence-corrected chi connectivity index (χ0v) is 18.9. The van der Waals surface area contributed by atoms with Crippen molar-refractivity contribution in [3.05, 3.63) is 84.4 Å². The molecule has 1 heterocycles. The van der Waals surface area contributed by atoms with Gasteiger partial charge in [-0.3, -0.25) is 9.59 Å². The van der Waals surface area contributed by atoms with Crippen LogP contribution in [-0.2, 0) is 9.53 Å². The fraction of sp³-hybridized carbons (Fsp3) is 0.259. The van der Waals surface area contributed by atoms with E-state index >= 15 is 0 Å². The van der Waals surface area contributed by atoms with Gasteiger partial charge in [-0.05, 0) is 48.4 Å². The van der Waals surface area contributed by atoms with Crippen LogP contribution in [0.1, 0.15) is 17.3 Å². The summed E-state index contributed by atoms with van der Waals surface area (Å²) in [5.41, 5.74) is 4.25. The third kappa shape index (κ3) is 5.59. The number of amides is 2. The first-order chi connectivity index (χ1) is 16.2. The van der Waals surface area contributed by atoms with Gasteiger partial charge < -0.3 is 19.9 Å². The summed E-state index contributed by atoms with van der Waals surface area (Å²) in [6, 6.07) is 25.1. The van der Waals surface area contributed by atoms with Crippen molar-refractivity contribution >= 4 is 23.2 Å². The summed E-state index contributed by atoms with van der Waals surface area (Å²) < 4.78 is 5.40. The molecule has 0 radical (unpaired) electrons. The SMILES string of the molecule is CCN(CC(=O)Nc1ccc(N2CCOCC2)cc1)C(=O)c1ccccc1-c1ccccc1. The molecule has 3 aromatic rings. The summed E-state index contributed by atoms with van der Waals surface area (Å²) in [5, 5.41) is 2.91. The second-order valence-electron chi connectivity index (χ2n) is 7.93. The molecule has 1 N–H and O–H groups in total. The predicted molar refractivity (Wildman–Crippen MR) is 132 cm³/mol. The number of carbonyl (C=O) groups is 2. The quantitative estimate of drug-likeness (QED) is 0.592. The molecule has 2 amide bonds. The number of anilines is 2. The molecule has 0 aliphatic carbocycles. The summed E-state index contributed by atoms with van der Waals surface area (Å²) in [6.07, 6.45) is 0. The van der Waals surface area contributed by atoms with Crippen molar-refractivity contribution < 1.29 is 14.3 Å². The molecule has 6 nitrogen and oxygen atoms in total. The van der Waals surface area contributed by atoms with Gasteiger partial charge in [-0.25, -0.2) is 0 Å². The zero-order valence-electron chi connectivity index (χ0n) is 18.9. The fourth-order valence-corrected chi connectivity index (χ4v) is 3.99. The van der Waals surface area contributed by atoms with Crippen LogP contribution in [0.5, 0.6) is 0 Å². The third-order valence-electron chi connectivity index (χ3n) is 5.77. The highest BCUT2D eigenvalue weighted by atomic mass is 16.5. The Labute approximate surface area is 194 Å². The molecule has 0 bridgehead atoms. The number of nitrogens with one attached hydrogen (secondary N) is 1. The first-order valence-corrected chi connectivity index (χ1v) is 11.3. The summed E-state index contributed by atoms with van der Waals surface area (Å²) in [5.74, 6) is -0.378. The van der Waals surface area contributed by atoms with Gasteiger partial charge in [0, 0.05) is 36.6 Å². The van der Waals surface area contributed by atoms with E-state index < -0.39 is 0 Å². The van der Waals surface area contributed by atoms with Crippen LogP contribution in [0.4, 0.5) is 11.4 Å². The minimum atomic E-state index is -0.221. The number of hydrogen-bond donors (Lipinski definition) is 1. The Hall–Kier alpha value is -3.64. The van der Waals surface area contributed by atoms with Crippen LogP contribution in [-0.4, -0.2) is 56.1 Å². The van der Waals surface area contributed by atoms with Crippen LogP contribution in [0.3, 0.4) is 0 Å². The van der Waals surface area contributed by atoms with Crippen LogP contribution >= 0.6 is 0 Å². The molecule has 3 aromatic carbocycles. The molecule has 1 aliphatic rings. The maximum atomic E-state index is 13.3. The van der Waals surface area contributed by atoms with Crippen molar-refractivity contribution in [3.8, 4) is 11.1 Å². The van der Waals surface area contributed by atoms with Crippen LogP contribution in [0.25, 0.3) is 11.1 Å². The minimum Gasteiger partial charge on any atom is -0.378 e. The van der Waals surface area contributed by atoms with Gasteiger partial charge in [0.2, 0.25) is 5.91 Å². The molecule has 0 unspecified atom stereocenters. The number of morpholine rings is 1. The lowest BCUT2D eigenvalue weighted by atomic mass is 9.99. The van der Waals surface area contributed by atoms with E-state index in [1.54, 1.807) is 4.90 Å². The maximum Gasteiger partial charge on any atom is 0.254 e. The highest BCUT2D eigenvalue weighted by Gasteiger charge is 2.20. The number of likely N-dealkylation sites (N-methyl/N-ethyl adjacent to an activating group) is 1.